The van der Waals surface area contributed by atoms with Gasteiger partial charge in [0.1, 0.15) is 11.9 Å². The SMILES string of the molecule is Cl.O=C(C1CCNCC1)N1CCC(Oc2cccc(Cl)c2)C1. The predicted molar refractivity (Wildman–Crippen MR) is 89.9 cm³/mol. The number of nitrogens with one attached hydrogen (secondary N) is 1. The van der Waals surface area contributed by atoms with Gasteiger partial charge >= 0.3 is 0 Å². The maximum absolute atomic E-state index is 12.5. The molecule has 6 heteroatoms. The minimum atomic E-state index is 0. The second kappa shape index (κ2) is 8.04. The molecule has 22 heavy (non-hydrogen) atoms. The number of nitrogens with zero attached hydrogens (tertiary/aromatic N) is 1. The zero-order valence-corrected chi connectivity index (χ0v) is 14.0. The second-order valence-corrected chi connectivity index (χ2v) is 6.23. The Kier molecular flexibility index (Phi) is 6.36. The highest BCUT2D eigenvalue weighted by Crippen LogP contribution is 2.24. The zero-order valence-electron chi connectivity index (χ0n) is 12.5. The van der Waals surface area contributed by atoms with Gasteiger partial charge in [0, 0.05) is 23.9 Å². The summed E-state index contributed by atoms with van der Waals surface area (Å²) in [4.78, 5) is 14.4. The van der Waals surface area contributed by atoms with Crippen LogP contribution in [0.25, 0.3) is 0 Å². The van der Waals surface area contributed by atoms with Crippen LogP contribution in [0, 0.1) is 5.92 Å². The van der Waals surface area contributed by atoms with Crippen LogP contribution in [0.15, 0.2) is 24.3 Å². The summed E-state index contributed by atoms with van der Waals surface area (Å²) < 4.78 is 5.93. The summed E-state index contributed by atoms with van der Waals surface area (Å²) in [6, 6.07) is 7.43. The Balaban J connectivity index is 0.00000176. The molecule has 2 fully saturated rings. The van der Waals surface area contributed by atoms with Gasteiger partial charge in [0.2, 0.25) is 5.91 Å². The van der Waals surface area contributed by atoms with E-state index >= 15 is 0 Å². The van der Waals surface area contributed by atoms with Crippen LogP contribution in [0.3, 0.4) is 0 Å². The van der Waals surface area contributed by atoms with E-state index in [0.29, 0.717) is 17.5 Å². The van der Waals surface area contributed by atoms with E-state index in [1.807, 2.05) is 29.2 Å². The van der Waals surface area contributed by atoms with E-state index in [9.17, 15) is 4.79 Å². The third-order valence-corrected chi connectivity index (χ3v) is 4.48. The molecule has 1 aromatic rings. The monoisotopic (exact) mass is 344 g/mol. The Bertz CT molecular complexity index is 507. The predicted octanol–water partition coefficient (Wildman–Crippen LogP) is 2.74. The van der Waals surface area contributed by atoms with Crippen molar-refractivity contribution in [3.8, 4) is 5.75 Å². The molecule has 1 N–H and O–H groups in total. The normalized spacial score (nSPS) is 22.2. The number of likely N-dealkylation sites (tertiary alicyclic amines) is 1. The summed E-state index contributed by atoms with van der Waals surface area (Å²) in [6.45, 7) is 3.39. The van der Waals surface area contributed by atoms with Crippen molar-refractivity contribution in [3.05, 3.63) is 29.3 Å². The van der Waals surface area contributed by atoms with Crippen molar-refractivity contribution in [2.45, 2.75) is 25.4 Å². The van der Waals surface area contributed by atoms with E-state index in [2.05, 4.69) is 5.32 Å². The average molecular weight is 345 g/mol. The van der Waals surface area contributed by atoms with Gasteiger partial charge in [-0.2, -0.15) is 0 Å². The maximum atomic E-state index is 12.5. The molecule has 3 rings (SSSR count). The van der Waals surface area contributed by atoms with Crippen LogP contribution in [0.1, 0.15) is 19.3 Å². The largest absolute Gasteiger partial charge is 0.488 e. The fraction of sp³-hybridized carbons (Fsp3) is 0.562. The van der Waals surface area contributed by atoms with Gasteiger partial charge in [-0.1, -0.05) is 17.7 Å². The molecule has 1 atom stereocenters. The van der Waals surface area contributed by atoms with Crippen molar-refractivity contribution in [1.29, 1.82) is 0 Å². The number of piperidine rings is 1. The molecule has 0 saturated carbocycles. The molecule has 0 aromatic heterocycles. The standard InChI is InChI=1S/C16H21ClN2O2.ClH/c17-13-2-1-3-14(10-13)21-15-6-9-19(11-15)16(20)12-4-7-18-8-5-12;/h1-3,10,12,15,18H,4-9,11H2;1H. The summed E-state index contributed by atoms with van der Waals surface area (Å²) in [5.74, 6) is 1.27. The third-order valence-electron chi connectivity index (χ3n) is 4.24. The van der Waals surface area contributed by atoms with Crippen molar-refractivity contribution < 1.29 is 9.53 Å². The molecule has 122 valence electrons. The van der Waals surface area contributed by atoms with Crippen molar-refractivity contribution in [3.63, 3.8) is 0 Å². The third kappa shape index (κ3) is 4.28. The summed E-state index contributed by atoms with van der Waals surface area (Å²) in [5.41, 5.74) is 0. The van der Waals surface area contributed by atoms with Crippen LogP contribution in [0.4, 0.5) is 0 Å². The summed E-state index contributed by atoms with van der Waals surface area (Å²) >= 11 is 5.96. The molecule has 0 radical (unpaired) electrons. The Labute approximate surface area is 142 Å². The molecule has 1 unspecified atom stereocenters. The molecule has 2 heterocycles. The lowest BCUT2D eigenvalue weighted by Crippen LogP contribution is -2.40. The Hall–Kier alpha value is -0.970. The van der Waals surface area contributed by atoms with E-state index in [-0.39, 0.29) is 24.4 Å². The number of halogens is 2. The first kappa shape index (κ1) is 17.4. The number of ether oxygens (including phenoxy) is 1. The van der Waals surface area contributed by atoms with Crippen molar-refractivity contribution in [1.82, 2.24) is 10.2 Å². The minimum Gasteiger partial charge on any atom is -0.488 e. The second-order valence-electron chi connectivity index (χ2n) is 5.79. The van der Waals surface area contributed by atoms with E-state index in [1.165, 1.54) is 0 Å². The first-order chi connectivity index (χ1) is 10.2. The van der Waals surface area contributed by atoms with Crippen LogP contribution in [0.5, 0.6) is 5.75 Å². The van der Waals surface area contributed by atoms with E-state index < -0.39 is 0 Å². The molecular formula is C16H22Cl2N2O2. The molecule has 2 aliphatic heterocycles. The highest BCUT2D eigenvalue weighted by atomic mass is 35.5. The van der Waals surface area contributed by atoms with Crippen molar-refractivity contribution >= 4 is 29.9 Å². The van der Waals surface area contributed by atoms with Gasteiger partial charge in [0.05, 0.1) is 6.54 Å². The molecule has 1 amide bonds. The Morgan fingerprint density at radius 1 is 1.27 bits per heavy atom. The molecule has 0 aliphatic carbocycles. The van der Waals surface area contributed by atoms with Crippen molar-refractivity contribution in [2.75, 3.05) is 26.2 Å². The van der Waals surface area contributed by atoms with E-state index in [1.54, 1.807) is 0 Å². The molecule has 0 spiro atoms. The average Bonchev–Trinajstić information content (AvgIpc) is 2.96. The van der Waals surface area contributed by atoms with Gasteiger partial charge in [-0.3, -0.25) is 4.79 Å². The smallest absolute Gasteiger partial charge is 0.225 e. The molecule has 1 aromatic carbocycles. The summed E-state index contributed by atoms with van der Waals surface area (Å²) in [7, 11) is 0. The van der Waals surface area contributed by atoms with Crippen LogP contribution in [-0.4, -0.2) is 43.1 Å². The number of carbonyl (C=O) groups excluding carboxylic acids is 1. The highest BCUT2D eigenvalue weighted by molar-refractivity contribution is 6.30. The Morgan fingerprint density at radius 2 is 2.05 bits per heavy atom. The minimum absolute atomic E-state index is 0. The molecule has 2 saturated heterocycles. The highest BCUT2D eigenvalue weighted by Gasteiger charge is 2.32. The number of benzene rings is 1. The fourth-order valence-corrected chi connectivity index (χ4v) is 3.26. The molecule has 4 nitrogen and oxygen atoms in total. The van der Waals surface area contributed by atoms with Crippen LogP contribution in [0.2, 0.25) is 5.02 Å². The topological polar surface area (TPSA) is 41.6 Å². The van der Waals surface area contributed by atoms with Crippen molar-refractivity contribution in [2.24, 2.45) is 5.92 Å². The lowest BCUT2D eigenvalue weighted by molar-refractivity contribution is -0.135. The zero-order chi connectivity index (χ0) is 14.7. The number of hydrogen-bond donors (Lipinski definition) is 1. The molecule has 0 bridgehead atoms. The van der Waals surface area contributed by atoms with E-state index in [4.69, 9.17) is 16.3 Å². The quantitative estimate of drug-likeness (QED) is 0.916. The van der Waals surface area contributed by atoms with Crippen LogP contribution >= 0.6 is 24.0 Å². The fourth-order valence-electron chi connectivity index (χ4n) is 3.08. The molecular weight excluding hydrogens is 323 g/mol. The molecule has 2 aliphatic rings. The Morgan fingerprint density at radius 3 is 2.77 bits per heavy atom. The van der Waals surface area contributed by atoms with Gasteiger partial charge < -0.3 is 15.0 Å². The van der Waals surface area contributed by atoms with Gasteiger partial charge in [-0.05, 0) is 44.1 Å². The van der Waals surface area contributed by atoms with Gasteiger partial charge in [-0.25, -0.2) is 0 Å². The number of rotatable bonds is 3. The van der Waals surface area contributed by atoms with Gasteiger partial charge in [-0.15, -0.1) is 12.4 Å². The first-order valence-electron chi connectivity index (χ1n) is 7.64. The lowest BCUT2D eigenvalue weighted by Gasteiger charge is -2.26. The lowest BCUT2D eigenvalue weighted by atomic mass is 9.97. The van der Waals surface area contributed by atoms with Gasteiger partial charge in [0.25, 0.3) is 0 Å². The first-order valence-corrected chi connectivity index (χ1v) is 8.02. The number of hydrogen-bond acceptors (Lipinski definition) is 3. The van der Waals surface area contributed by atoms with Crippen LogP contribution < -0.4 is 10.1 Å². The van der Waals surface area contributed by atoms with Crippen LogP contribution in [-0.2, 0) is 4.79 Å². The number of carbonyl (C=O) groups is 1. The summed E-state index contributed by atoms with van der Waals surface area (Å²) in [5, 5.41) is 3.97. The van der Waals surface area contributed by atoms with E-state index in [0.717, 1.165) is 44.6 Å². The van der Waals surface area contributed by atoms with Gasteiger partial charge in [0.15, 0.2) is 0 Å². The summed E-state index contributed by atoms with van der Waals surface area (Å²) in [6.07, 6.45) is 2.88. The maximum Gasteiger partial charge on any atom is 0.225 e. The number of amides is 1.